The van der Waals surface area contributed by atoms with Crippen molar-refractivity contribution >= 4 is 11.9 Å². The number of hydrogen-bond acceptors (Lipinski definition) is 6. The van der Waals surface area contributed by atoms with Crippen LogP contribution in [0, 0.1) is 22.7 Å². The van der Waals surface area contributed by atoms with Crippen molar-refractivity contribution in [3.05, 3.63) is 24.3 Å². The summed E-state index contributed by atoms with van der Waals surface area (Å²) in [7, 11) is 0. The molecule has 94 valence electrons. The number of rotatable bonds is 6. The topological polar surface area (TPSA) is 100 Å². The minimum absolute atomic E-state index is 0.0208. The molecule has 0 aliphatic heterocycles. The Kier molecular flexibility index (Phi) is 6.53. The average Bonchev–Trinajstić information content (AvgIpc) is 2.36. The number of esters is 2. The van der Waals surface area contributed by atoms with Crippen LogP contribution >= 0.6 is 0 Å². The van der Waals surface area contributed by atoms with Gasteiger partial charge in [0.05, 0.1) is 6.61 Å². The number of carbonyl (C=O) groups excluding carboxylic acids is 2. The van der Waals surface area contributed by atoms with Crippen molar-refractivity contribution < 1.29 is 19.1 Å². The highest BCUT2D eigenvalue weighted by Gasteiger charge is 2.14. The van der Waals surface area contributed by atoms with Crippen molar-refractivity contribution in [3.8, 4) is 12.1 Å². The molecule has 0 aliphatic rings. The number of carbonyl (C=O) groups is 2. The maximum Gasteiger partial charge on any atom is 0.348 e. The van der Waals surface area contributed by atoms with E-state index in [0.29, 0.717) is 0 Å². The Bertz CT molecular complexity index is 454. The molecule has 0 saturated heterocycles. The van der Waals surface area contributed by atoms with Crippen molar-refractivity contribution in [2.75, 3.05) is 6.61 Å². The normalized spacial score (nSPS) is 10.4. The summed E-state index contributed by atoms with van der Waals surface area (Å²) in [5, 5.41) is 16.8. The lowest BCUT2D eigenvalue weighted by Crippen LogP contribution is -2.18. The maximum atomic E-state index is 11.1. The standard InChI is InChI=1S/C12H12N2O4/c1-8(6-13)11(15)17-5-4-10(3)18-12(16)9(2)7-14/h10H,1-2,4-5H2,3H3. The van der Waals surface area contributed by atoms with Gasteiger partial charge in [-0.3, -0.25) is 0 Å². The molecule has 0 spiro atoms. The van der Waals surface area contributed by atoms with Gasteiger partial charge in [0.15, 0.2) is 0 Å². The molecule has 1 atom stereocenters. The summed E-state index contributed by atoms with van der Waals surface area (Å²) in [5.41, 5.74) is -0.589. The predicted molar refractivity (Wildman–Crippen MR) is 60.6 cm³/mol. The molecule has 0 N–H and O–H groups in total. The third-order valence-electron chi connectivity index (χ3n) is 1.83. The van der Waals surface area contributed by atoms with Crippen LogP contribution in [0.5, 0.6) is 0 Å². The monoisotopic (exact) mass is 248 g/mol. The van der Waals surface area contributed by atoms with E-state index in [1.165, 1.54) is 0 Å². The number of hydrogen-bond donors (Lipinski definition) is 0. The molecule has 0 rings (SSSR count). The predicted octanol–water partition coefficient (Wildman–Crippen LogP) is 1.01. The van der Waals surface area contributed by atoms with Crippen LogP contribution < -0.4 is 0 Å². The van der Waals surface area contributed by atoms with Gasteiger partial charge in [-0.2, -0.15) is 10.5 Å². The molecule has 1 unspecified atom stereocenters. The van der Waals surface area contributed by atoms with Gasteiger partial charge < -0.3 is 9.47 Å². The van der Waals surface area contributed by atoms with Crippen LogP contribution in [-0.2, 0) is 19.1 Å². The van der Waals surface area contributed by atoms with E-state index in [9.17, 15) is 9.59 Å². The van der Waals surface area contributed by atoms with Gasteiger partial charge in [0.25, 0.3) is 0 Å². The molecular weight excluding hydrogens is 236 g/mol. The average molecular weight is 248 g/mol. The highest BCUT2D eigenvalue weighted by atomic mass is 16.6. The molecule has 0 amide bonds. The van der Waals surface area contributed by atoms with Gasteiger partial charge >= 0.3 is 11.9 Å². The van der Waals surface area contributed by atoms with Gasteiger partial charge in [0, 0.05) is 6.42 Å². The van der Waals surface area contributed by atoms with E-state index in [-0.39, 0.29) is 24.2 Å². The first-order valence-electron chi connectivity index (χ1n) is 4.98. The molecule has 0 fully saturated rings. The Balaban J connectivity index is 3.97. The molecule has 6 nitrogen and oxygen atoms in total. The summed E-state index contributed by atoms with van der Waals surface area (Å²) in [6.45, 7) is 7.94. The van der Waals surface area contributed by atoms with Crippen molar-refractivity contribution in [1.29, 1.82) is 10.5 Å². The zero-order chi connectivity index (χ0) is 14.1. The summed E-state index contributed by atoms with van der Waals surface area (Å²) in [4.78, 5) is 22.2. The summed E-state index contributed by atoms with van der Waals surface area (Å²) in [6, 6.07) is 3.12. The molecule has 0 saturated carbocycles. The Morgan fingerprint density at radius 1 is 1.17 bits per heavy atom. The Hall–Kier alpha value is -2.60. The van der Waals surface area contributed by atoms with Crippen LogP contribution in [0.15, 0.2) is 24.3 Å². The van der Waals surface area contributed by atoms with Crippen molar-refractivity contribution in [3.63, 3.8) is 0 Å². The largest absolute Gasteiger partial charge is 0.461 e. The van der Waals surface area contributed by atoms with Crippen LogP contribution in [0.2, 0.25) is 0 Å². The summed E-state index contributed by atoms with van der Waals surface area (Å²) < 4.78 is 9.53. The van der Waals surface area contributed by atoms with E-state index in [2.05, 4.69) is 13.2 Å². The molecular formula is C12H12N2O4. The van der Waals surface area contributed by atoms with Crippen molar-refractivity contribution in [1.82, 2.24) is 0 Å². The fourth-order valence-electron chi connectivity index (χ4n) is 0.809. The van der Waals surface area contributed by atoms with Gasteiger partial charge in [0.2, 0.25) is 0 Å². The minimum Gasteiger partial charge on any atom is -0.461 e. The van der Waals surface area contributed by atoms with E-state index in [4.69, 9.17) is 20.0 Å². The molecule has 18 heavy (non-hydrogen) atoms. The van der Waals surface area contributed by atoms with Crippen LogP contribution in [0.4, 0.5) is 0 Å². The quantitative estimate of drug-likeness (QED) is 0.395. The van der Waals surface area contributed by atoms with Gasteiger partial charge in [-0.1, -0.05) is 13.2 Å². The lowest BCUT2D eigenvalue weighted by molar-refractivity contribution is -0.145. The minimum atomic E-state index is -0.808. The molecule has 0 aromatic heterocycles. The SMILES string of the molecule is C=C(C#N)C(=O)OCCC(C)OC(=O)C(=C)C#N. The third-order valence-corrected chi connectivity index (χ3v) is 1.83. The van der Waals surface area contributed by atoms with Crippen LogP contribution in [0.1, 0.15) is 13.3 Å². The molecule has 6 heteroatoms. The van der Waals surface area contributed by atoms with Gasteiger partial charge in [-0.15, -0.1) is 0 Å². The molecule has 0 radical (unpaired) electrons. The zero-order valence-corrected chi connectivity index (χ0v) is 9.93. The number of nitriles is 2. The van der Waals surface area contributed by atoms with Crippen molar-refractivity contribution in [2.24, 2.45) is 0 Å². The van der Waals surface area contributed by atoms with E-state index in [1.54, 1.807) is 19.1 Å². The Labute approximate surface area is 105 Å². The Morgan fingerprint density at radius 3 is 2.17 bits per heavy atom. The molecule has 0 heterocycles. The van der Waals surface area contributed by atoms with Gasteiger partial charge in [-0.05, 0) is 6.92 Å². The van der Waals surface area contributed by atoms with Crippen LogP contribution in [-0.4, -0.2) is 24.6 Å². The first kappa shape index (κ1) is 15.4. The first-order valence-corrected chi connectivity index (χ1v) is 4.98. The fourth-order valence-corrected chi connectivity index (χ4v) is 0.809. The summed E-state index contributed by atoms with van der Waals surface area (Å²) in [6.07, 6.45) is -0.291. The van der Waals surface area contributed by atoms with Gasteiger partial charge in [-0.25, -0.2) is 9.59 Å². The van der Waals surface area contributed by atoms with Crippen molar-refractivity contribution in [2.45, 2.75) is 19.4 Å². The second-order valence-corrected chi connectivity index (χ2v) is 3.32. The van der Waals surface area contributed by atoms with Crippen LogP contribution in [0.3, 0.4) is 0 Å². The first-order chi connectivity index (χ1) is 8.42. The molecule has 0 aromatic rings. The highest BCUT2D eigenvalue weighted by molar-refractivity contribution is 5.92. The molecule has 0 aromatic carbocycles. The van der Waals surface area contributed by atoms with E-state index in [0.717, 1.165) is 0 Å². The van der Waals surface area contributed by atoms with Gasteiger partial charge in [0.1, 0.15) is 29.4 Å². The number of nitrogens with zero attached hydrogens (tertiary/aromatic N) is 2. The smallest absolute Gasteiger partial charge is 0.348 e. The van der Waals surface area contributed by atoms with E-state index >= 15 is 0 Å². The molecule has 0 bridgehead atoms. The third kappa shape index (κ3) is 5.47. The second-order valence-electron chi connectivity index (χ2n) is 3.32. The number of ether oxygens (including phenoxy) is 2. The van der Waals surface area contributed by atoms with Crippen LogP contribution in [0.25, 0.3) is 0 Å². The lowest BCUT2D eigenvalue weighted by Gasteiger charge is -2.12. The summed E-state index contributed by atoms with van der Waals surface area (Å²) >= 11 is 0. The molecule has 0 aliphatic carbocycles. The zero-order valence-electron chi connectivity index (χ0n) is 9.93. The summed E-state index contributed by atoms with van der Waals surface area (Å²) in [5.74, 6) is -1.62. The second kappa shape index (κ2) is 7.64. The van der Waals surface area contributed by atoms with E-state index in [1.807, 2.05) is 0 Å². The highest BCUT2D eigenvalue weighted by Crippen LogP contribution is 2.03. The Morgan fingerprint density at radius 2 is 1.67 bits per heavy atom. The fraction of sp³-hybridized carbons (Fsp3) is 0.333. The maximum absolute atomic E-state index is 11.1. The lowest BCUT2D eigenvalue weighted by atomic mass is 10.3. The van der Waals surface area contributed by atoms with E-state index < -0.39 is 18.0 Å².